The van der Waals surface area contributed by atoms with Gasteiger partial charge in [0.2, 0.25) is 0 Å². The molecule has 0 aromatic heterocycles. The summed E-state index contributed by atoms with van der Waals surface area (Å²) in [4.78, 5) is 0. The highest BCUT2D eigenvalue weighted by Gasteiger charge is 2.34. The molecule has 1 nitrogen and oxygen atoms in total. The highest BCUT2D eigenvalue weighted by molar-refractivity contribution is 9.10. The van der Waals surface area contributed by atoms with Crippen LogP contribution in [0.2, 0.25) is 0 Å². The fourth-order valence-electron chi connectivity index (χ4n) is 3.15. The van der Waals surface area contributed by atoms with Crippen molar-refractivity contribution in [2.45, 2.75) is 45.4 Å². The zero-order chi connectivity index (χ0) is 13.7. The van der Waals surface area contributed by atoms with Crippen LogP contribution in [0.25, 0.3) is 0 Å². The van der Waals surface area contributed by atoms with Crippen LogP contribution in [0.15, 0.2) is 22.7 Å². The minimum Gasteiger partial charge on any atom is -0.316 e. The minimum absolute atomic E-state index is 0.0648. The van der Waals surface area contributed by atoms with E-state index in [1.165, 1.54) is 25.7 Å². The number of hydrogen-bond acceptors (Lipinski definition) is 1. The first-order valence-corrected chi connectivity index (χ1v) is 8.09. The van der Waals surface area contributed by atoms with Crippen LogP contribution in [-0.2, 0) is 6.42 Å². The van der Waals surface area contributed by atoms with Gasteiger partial charge in [0, 0.05) is 11.0 Å². The van der Waals surface area contributed by atoms with E-state index in [4.69, 9.17) is 0 Å². The minimum atomic E-state index is -0.0648. The molecule has 1 N–H and O–H groups in total. The Bertz CT molecular complexity index is 413. The van der Waals surface area contributed by atoms with Gasteiger partial charge in [-0.25, -0.2) is 4.39 Å². The Morgan fingerprint density at radius 3 is 2.74 bits per heavy atom. The van der Waals surface area contributed by atoms with Crippen molar-refractivity contribution >= 4 is 15.9 Å². The van der Waals surface area contributed by atoms with E-state index in [-0.39, 0.29) is 11.2 Å². The third-order valence-electron chi connectivity index (χ3n) is 4.16. The summed E-state index contributed by atoms with van der Waals surface area (Å²) in [5.74, 6) is -0.0648. The van der Waals surface area contributed by atoms with Gasteiger partial charge in [0.15, 0.2) is 0 Å². The Morgan fingerprint density at radius 2 is 2.05 bits per heavy atom. The van der Waals surface area contributed by atoms with Crippen LogP contribution < -0.4 is 5.32 Å². The van der Waals surface area contributed by atoms with Gasteiger partial charge in [0.1, 0.15) is 5.82 Å². The molecule has 0 heterocycles. The van der Waals surface area contributed by atoms with Gasteiger partial charge < -0.3 is 5.32 Å². The standard InChI is InChI=1S/C16H23BrFN/c1-2-9-19-12-16(7-3-4-8-16)11-13-10-14(17)5-6-15(13)18/h5-6,10,19H,2-4,7-9,11-12H2,1H3. The number of hydrogen-bond donors (Lipinski definition) is 1. The Balaban J connectivity index is 2.09. The van der Waals surface area contributed by atoms with E-state index in [0.29, 0.717) is 0 Å². The molecule has 3 heteroatoms. The molecule has 0 spiro atoms. The monoisotopic (exact) mass is 327 g/mol. The third-order valence-corrected chi connectivity index (χ3v) is 4.66. The molecular weight excluding hydrogens is 305 g/mol. The van der Waals surface area contributed by atoms with Gasteiger partial charge >= 0.3 is 0 Å². The molecule has 1 fully saturated rings. The molecule has 0 atom stereocenters. The molecule has 0 amide bonds. The van der Waals surface area contributed by atoms with Crippen LogP contribution >= 0.6 is 15.9 Å². The molecule has 0 aliphatic heterocycles. The predicted molar refractivity (Wildman–Crippen MR) is 81.9 cm³/mol. The largest absolute Gasteiger partial charge is 0.316 e. The van der Waals surface area contributed by atoms with Crippen LogP contribution in [0, 0.1) is 11.2 Å². The summed E-state index contributed by atoms with van der Waals surface area (Å²) < 4.78 is 14.9. The average Bonchev–Trinajstić information content (AvgIpc) is 2.83. The number of halogens is 2. The van der Waals surface area contributed by atoms with Crippen LogP contribution in [-0.4, -0.2) is 13.1 Å². The Labute approximate surface area is 124 Å². The SMILES string of the molecule is CCCNCC1(Cc2cc(Br)ccc2F)CCCC1. The molecule has 2 rings (SSSR count). The van der Waals surface area contributed by atoms with Crippen LogP contribution in [0.1, 0.15) is 44.6 Å². The molecule has 1 aliphatic carbocycles. The topological polar surface area (TPSA) is 12.0 Å². The van der Waals surface area contributed by atoms with E-state index in [0.717, 1.165) is 36.0 Å². The van der Waals surface area contributed by atoms with Crippen molar-refractivity contribution in [1.82, 2.24) is 5.32 Å². The van der Waals surface area contributed by atoms with Gasteiger partial charge in [-0.3, -0.25) is 0 Å². The molecule has 1 saturated carbocycles. The van der Waals surface area contributed by atoms with Crippen molar-refractivity contribution in [2.75, 3.05) is 13.1 Å². The maximum Gasteiger partial charge on any atom is 0.126 e. The summed E-state index contributed by atoms with van der Waals surface area (Å²) in [7, 11) is 0. The van der Waals surface area contributed by atoms with Crippen molar-refractivity contribution in [1.29, 1.82) is 0 Å². The smallest absolute Gasteiger partial charge is 0.126 e. The lowest BCUT2D eigenvalue weighted by Crippen LogP contribution is -2.34. The molecule has 19 heavy (non-hydrogen) atoms. The maximum absolute atomic E-state index is 13.9. The Morgan fingerprint density at radius 1 is 1.32 bits per heavy atom. The quantitative estimate of drug-likeness (QED) is 0.747. The van der Waals surface area contributed by atoms with Gasteiger partial charge in [0.25, 0.3) is 0 Å². The van der Waals surface area contributed by atoms with Crippen molar-refractivity contribution in [3.8, 4) is 0 Å². The van der Waals surface area contributed by atoms with Crippen LogP contribution in [0.5, 0.6) is 0 Å². The number of benzene rings is 1. The van der Waals surface area contributed by atoms with Crippen LogP contribution in [0.4, 0.5) is 4.39 Å². The molecule has 0 unspecified atom stereocenters. The number of rotatable bonds is 6. The first kappa shape index (κ1) is 15.0. The van der Waals surface area contributed by atoms with Crippen molar-refractivity contribution in [2.24, 2.45) is 5.41 Å². The summed E-state index contributed by atoms with van der Waals surface area (Å²) in [6.45, 7) is 4.26. The second-order valence-electron chi connectivity index (χ2n) is 5.80. The van der Waals surface area contributed by atoms with Crippen LogP contribution in [0.3, 0.4) is 0 Å². The zero-order valence-corrected chi connectivity index (χ0v) is 13.2. The zero-order valence-electron chi connectivity index (χ0n) is 11.6. The maximum atomic E-state index is 13.9. The number of nitrogens with one attached hydrogen (secondary N) is 1. The Kier molecular flexibility index (Phi) is 5.40. The fourth-order valence-corrected chi connectivity index (χ4v) is 3.56. The first-order chi connectivity index (χ1) is 9.15. The second kappa shape index (κ2) is 6.85. The van der Waals surface area contributed by atoms with Crippen molar-refractivity contribution in [3.05, 3.63) is 34.1 Å². The molecule has 1 aliphatic rings. The fraction of sp³-hybridized carbons (Fsp3) is 0.625. The summed E-state index contributed by atoms with van der Waals surface area (Å²) in [5.41, 5.74) is 1.12. The van der Waals surface area contributed by atoms with Gasteiger partial charge in [0.05, 0.1) is 0 Å². The normalized spacial score (nSPS) is 17.8. The molecule has 0 saturated heterocycles. The second-order valence-corrected chi connectivity index (χ2v) is 6.71. The third kappa shape index (κ3) is 4.03. The molecular formula is C16H23BrFN. The summed E-state index contributed by atoms with van der Waals surface area (Å²) in [6.07, 6.45) is 7.01. The first-order valence-electron chi connectivity index (χ1n) is 7.30. The molecule has 1 aromatic rings. The van der Waals surface area contributed by atoms with Gasteiger partial charge in [-0.2, -0.15) is 0 Å². The Hall–Kier alpha value is -0.410. The summed E-state index contributed by atoms with van der Waals surface area (Å²) in [5, 5.41) is 3.54. The van der Waals surface area contributed by atoms with E-state index in [9.17, 15) is 4.39 Å². The molecule has 106 valence electrons. The van der Waals surface area contributed by atoms with Crippen molar-refractivity contribution < 1.29 is 4.39 Å². The van der Waals surface area contributed by atoms with E-state index in [1.807, 2.05) is 6.07 Å². The van der Waals surface area contributed by atoms with E-state index >= 15 is 0 Å². The lowest BCUT2D eigenvalue weighted by molar-refractivity contribution is 0.275. The van der Waals surface area contributed by atoms with E-state index < -0.39 is 0 Å². The highest BCUT2D eigenvalue weighted by Crippen LogP contribution is 2.41. The summed E-state index contributed by atoms with van der Waals surface area (Å²) >= 11 is 3.44. The van der Waals surface area contributed by atoms with E-state index in [1.54, 1.807) is 12.1 Å². The average molecular weight is 328 g/mol. The highest BCUT2D eigenvalue weighted by atomic mass is 79.9. The van der Waals surface area contributed by atoms with Gasteiger partial charge in [-0.05, 0) is 61.4 Å². The van der Waals surface area contributed by atoms with Gasteiger partial charge in [-0.1, -0.05) is 35.7 Å². The molecule has 1 aromatic carbocycles. The van der Waals surface area contributed by atoms with Gasteiger partial charge in [-0.15, -0.1) is 0 Å². The lowest BCUT2D eigenvalue weighted by atomic mass is 9.79. The lowest BCUT2D eigenvalue weighted by Gasteiger charge is -2.30. The predicted octanol–water partition coefficient (Wildman–Crippen LogP) is 4.69. The van der Waals surface area contributed by atoms with Crippen molar-refractivity contribution in [3.63, 3.8) is 0 Å². The molecule has 0 radical (unpaired) electrons. The molecule has 0 bridgehead atoms. The van der Waals surface area contributed by atoms with E-state index in [2.05, 4.69) is 28.2 Å². The summed E-state index contributed by atoms with van der Waals surface area (Å²) in [6, 6.07) is 5.28.